The Morgan fingerprint density at radius 3 is 3.15 bits per heavy atom. The molecule has 1 amide bonds. The molecule has 0 radical (unpaired) electrons. The first-order valence-corrected chi connectivity index (χ1v) is 4.58. The van der Waals surface area contributed by atoms with Crippen LogP contribution in [-0.2, 0) is 0 Å². The van der Waals surface area contributed by atoms with Crippen molar-refractivity contribution in [1.29, 1.82) is 0 Å². The van der Waals surface area contributed by atoms with Crippen molar-refractivity contribution >= 4 is 17.4 Å². The summed E-state index contributed by atoms with van der Waals surface area (Å²) in [5.41, 5.74) is 5.57. The van der Waals surface area contributed by atoms with Crippen molar-refractivity contribution in [3.05, 3.63) is 23.2 Å². The number of hydrogen-bond donors (Lipinski definition) is 2. The average Bonchev–Trinajstić information content (AvgIpc) is 2.65. The van der Waals surface area contributed by atoms with Gasteiger partial charge in [0.05, 0.1) is 0 Å². The molecular formula is C7H10N4OS. The van der Waals surface area contributed by atoms with Crippen LogP contribution in [0.5, 0.6) is 0 Å². The van der Waals surface area contributed by atoms with E-state index in [1.165, 1.54) is 0 Å². The van der Waals surface area contributed by atoms with Crippen molar-refractivity contribution in [2.24, 2.45) is 5.73 Å². The summed E-state index contributed by atoms with van der Waals surface area (Å²) in [6.45, 7) is 0.946. The first-order valence-electron chi connectivity index (χ1n) is 3.75. The van der Waals surface area contributed by atoms with Gasteiger partial charge in [-0.05, 0) is 11.5 Å². The van der Waals surface area contributed by atoms with Gasteiger partial charge in [-0.25, -0.2) is 0 Å². The van der Waals surface area contributed by atoms with Crippen molar-refractivity contribution in [3.63, 3.8) is 0 Å². The molecule has 3 N–H and O–H groups in total. The molecule has 13 heavy (non-hydrogen) atoms. The van der Waals surface area contributed by atoms with Crippen LogP contribution in [0.4, 0.5) is 0 Å². The Morgan fingerprint density at radius 1 is 1.69 bits per heavy atom. The predicted octanol–water partition coefficient (Wildman–Crippen LogP) is -0.217. The molecule has 6 heteroatoms. The molecule has 0 atom stereocenters. The van der Waals surface area contributed by atoms with Gasteiger partial charge in [0.15, 0.2) is 5.69 Å². The van der Waals surface area contributed by atoms with Crippen LogP contribution in [0.2, 0.25) is 0 Å². The molecule has 0 saturated carbocycles. The van der Waals surface area contributed by atoms with Crippen LogP contribution < -0.4 is 11.1 Å². The molecular weight excluding hydrogens is 188 g/mol. The minimum atomic E-state index is -0.213. The second-order valence-corrected chi connectivity index (χ2v) is 2.82. The number of rotatable bonds is 4. The van der Waals surface area contributed by atoms with Crippen LogP contribution in [-0.4, -0.2) is 28.6 Å². The summed E-state index contributed by atoms with van der Waals surface area (Å²) < 4.78 is 3.58. The third kappa shape index (κ3) is 3.30. The van der Waals surface area contributed by atoms with E-state index in [-0.39, 0.29) is 5.91 Å². The fraction of sp³-hybridized carbons (Fsp3) is 0.286. The summed E-state index contributed by atoms with van der Waals surface area (Å²) in [6.07, 6.45) is 3.57. The van der Waals surface area contributed by atoms with Gasteiger partial charge in [-0.1, -0.05) is 16.6 Å². The van der Waals surface area contributed by atoms with Gasteiger partial charge in [-0.15, -0.1) is 5.10 Å². The quantitative estimate of drug-likeness (QED) is 0.655. The summed E-state index contributed by atoms with van der Waals surface area (Å²) in [4.78, 5) is 11.2. The zero-order valence-corrected chi connectivity index (χ0v) is 7.75. The van der Waals surface area contributed by atoms with E-state index in [0.29, 0.717) is 18.8 Å². The lowest BCUT2D eigenvalue weighted by Crippen LogP contribution is -2.23. The lowest BCUT2D eigenvalue weighted by Gasteiger charge is -1.96. The zero-order valence-electron chi connectivity index (χ0n) is 6.93. The number of hydrogen-bond acceptors (Lipinski definition) is 5. The lowest BCUT2D eigenvalue weighted by molar-refractivity contribution is 0.0953. The van der Waals surface area contributed by atoms with Gasteiger partial charge in [-0.2, -0.15) is 0 Å². The smallest absolute Gasteiger partial charge is 0.272 e. The molecule has 5 nitrogen and oxygen atoms in total. The van der Waals surface area contributed by atoms with Crippen LogP contribution in [0.1, 0.15) is 10.5 Å². The van der Waals surface area contributed by atoms with Crippen LogP contribution in [0, 0.1) is 0 Å². The molecule has 0 spiro atoms. The molecule has 0 fully saturated rings. The zero-order chi connectivity index (χ0) is 9.52. The Kier molecular flexibility index (Phi) is 4.07. The van der Waals surface area contributed by atoms with Crippen LogP contribution in [0.15, 0.2) is 17.5 Å². The number of carbonyl (C=O) groups excluding carboxylic acids is 1. The molecule has 0 aliphatic rings. The predicted molar refractivity (Wildman–Crippen MR) is 50.4 cm³/mol. The Hall–Kier alpha value is -1.27. The summed E-state index contributed by atoms with van der Waals surface area (Å²) in [5.74, 6) is -0.213. The van der Waals surface area contributed by atoms with Gasteiger partial charge in [0.25, 0.3) is 5.91 Å². The van der Waals surface area contributed by atoms with E-state index in [9.17, 15) is 4.79 Å². The van der Waals surface area contributed by atoms with Gasteiger partial charge < -0.3 is 11.1 Å². The van der Waals surface area contributed by atoms with Crippen LogP contribution in [0.3, 0.4) is 0 Å². The second kappa shape index (κ2) is 5.39. The van der Waals surface area contributed by atoms with E-state index in [4.69, 9.17) is 5.73 Å². The maximum absolute atomic E-state index is 11.2. The van der Waals surface area contributed by atoms with Crippen molar-refractivity contribution < 1.29 is 4.79 Å². The van der Waals surface area contributed by atoms with Crippen molar-refractivity contribution in [1.82, 2.24) is 14.9 Å². The molecule has 0 saturated heterocycles. The fourth-order valence-electron chi connectivity index (χ4n) is 0.685. The molecule has 0 aromatic carbocycles. The highest BCUT2D eigenvalue weighted by Crippen LogP contribution is 1.95. The summed E-state index contributed by atoms with van der Waals surface area (Å²) >= 11 is 1.15. The third-order valence-corrected chi connectivity index (χ3v) is 1.78. The minimum Gasteiger partial charge on any atom is -0.347 e. The molecule has 1 heterocycles. The van der Waals surface area contributed by atoms with Gasteiger partial charge >= 0.3 is 0 Å². The van der Waals surface area contributed by atoms with Gasteiger partial charge in [0.1, 0.15) is 0 Å². The second-order valence-electron chi connectivity index (χ2n) is 2.21. The van der Waals surface area contributed by atoms with E-state index in [0.717, 1.165) is 11.5 Å². The molecule has 1 aromatic heterocycles. The van der Waals surface area contributed by atoms with E-state index >= 15 is 0 Å². The highest BCUT2D eigenvalue weighted by Gasteiger charge is 2.05. The van der Waals surface area contributed by atoms with Crippen LogP contribution in [0.25, 0.3) is 0 Å². The molecule has 1 rings (SSSR count). The van der Waals surface area contributed by atoms with E-state index in [1.807, 2.05) is 0 Å². The van der Waals surface area contributed by atoms with E-state index in [1.54, 1.807) is 17.5 Å². The number of nitrogens with one attached hydrogen (secondary N) is 1. The maximum Gasteiger partial charge on any atom is 0.272 e. The lowest BCUT2D eigenvalue weighted by atomic mass is 10.4. The van der Waals surface area contributed by atoms with Crippen LogP contribution >= 0.6 is 11.5 Å². The van der Waals surface area contributed by atoms with Gasteiger partial charge in [0.2, 0.25) is 0 Å². The monoisotopic (exact) mass is 198 g/mol. The third-order valence-electron chi connectivity index (χ3n) is 1.28. The Labute approximate surface area is 79.8 Å². The highest BCUT2D eigenvalue weighted by atomic mass is 32.1. The number of nitrogens with zero attached hydrogens (tertiary/aromatic N) is 2. The van der Waals surface area contributed by atoms with E-state index in [2.05, 4.69) is 14.9 Å². The summed E-state index contributed by atoms with van der Waals surface area (Å²) in [6, 6.07) is 0. The van der Waals surface area contributed by atoms with Gasteiger partial charge in [-0.3, -0.25) is 4.79 Å². The molecule has 1 aromatic rings. The Bertz CT molecular complexity index is 283. The van der Waals surface area contributed by atoms with Crippen molar-refractivity contribution in [2.75, 3.05) is 13.1 Å². The number of aromatic nitrogens is 2. The topological polar surface area (TPSA) is 80.9 Å². The number of amides is 1. The standard InChI is InChI=1S/C7H10N4OS/c8-3-1-2-4-9-7(12)6-5-13-11-10-6/h1-2,5H,3-4,8H2,(H,9,12)/b2-1+. The molecule has 0 aliphatic carbocycles. The maximum atomic E-state index is 11.2. The summed E-state index contributed by atoms with van der Waals surface area (Å²) in [5, 5.41) is 7.86. The average molecular weight is 198 g/mol. The van der Waals surface area contributed by atoms with Crippen molar-refractivity contribution in [3.8, 4) is 0 Å². The highest BCUT2D eigenvalue weighted by molar-refractivity contribution is 7.03. The molecule has 0 aliphatic heterocycles. The Balaban J connectivity index is 2.31. The molecule has 70 valence electrons. The minimum absolute atomic E-state index is 0.213. The first-order chi connectivity index (χ1) is 6.34. The normalized spacial score (nSPS) is 10.5. The fourth-order valence-corrected chi connectivity index (χ4v) is 1.12. The number of nitrogens with two attached hydrogens (primary N) is 1. The Morgan fingerprint density at radius 2 is 2.54 bits per heavy atom. The van der Waals surface area contributed by atoms with E-state index < -0.39 is 0 Å². The van der Waals surface area contributed by atoms with Crippen molar-refractivity contribution in [2.45, 2.75) is 0 Å². The molecule has 0 bridgehead atoms. The first kappa shape index (κ1) is 9.82. The number of carbonyl (C=O) groups is 1. The summed E-state index contributed by atoms with van der Waals surface area (Å²) in [7, 11) is 0. The largest absolute Gasteiger partial charge is 0.347 e. The van der Waals surface area contributed by atoms with Gasteiger partial charge in [0, 0.05) is 18.5 Å². The molecule has 0 unspecified atom stereocenters. The SMILES string of the molecule is NC/C=C/CNC(=O)c1csnn1.